The Balaban J connectivity index is 1.95. The highest BCUT2D eigenvalue weighted by Gasteiger charge is 2.31. The van der Waals surface area contributed by atoms with E-state index in [1.54, 1.807) is 0 Å². The van der Waals surface area contributed by atoms with Crippen LogP contribution in [-0.2, 0) is 25.5 Å². The second kappa shape index (κ2) is 7.92. The predicted octanol–water partition coefficient (Wildman–Crippen LogP) is 1.88. The first-order chi connectivity index (χ1) is 13.8. The molecule has 1 amide bonds. The third kappa shape index (κ3) is 3.54. The molecule has 0 heterocycles. The maximum absolute atomic E-state index is 12.8. The molecule has 0 aromatic heterocycles. The molecule has 0 saturated heterocycles. The van der Waals surface area contributed by atoms with E-state index in [1.165, 1.54) is 13.2 Å². The van der Waals surface area contributed by atoms with Gasteiger partial charge in [0.05, 0.1) is 29.0 Å². The Labute approximate surface area is 170 Å². The van der Waals surface area contributed by atoms with Crippen LogP contribution in [0, 0.1) is 0 Å². The minimum absolute atomic E-state index is 0.000461. The summed E-state index contributed by atoms with van der Waals surface area (Å²) in [6.45, 7) is 0. The third-order valence-electron chi connectivity index (χ3n) is 4.75. The first-order valence-corrected chi connectivity index (χ1v) is 8.93. The number of carbonyl (C=O) groups is 4. The normalized spacial score (nSPS) is 17.9. The molecule has 9 heteroatoms. The summed E-state index contributed by atoms with van der Waals surface area (Å²) in [6.07, 6.45) is 3.22. The van der Waals surface area contributed by atoms with Crippen molar-refractivity contribution < 1.29 is 34.1 Å². The highest BCUT2D eigenvalue weighted by molar-refractivity contribution is 6.34. The number of halogens is 1. The zero-order valence-electron chi connectivity index (χ0n) is 15.2. The lowest BCUT2D eigenvalue weighted by Gasteiger charge is -2.21. The van der Waals surface area contributed by atoms with Crippen LogP contribution in [0.25, 0.3) is 0 Å². The van der Waals surface area contributed by atoms with E-state index in [9.17, 15) is 29.4 Å². The molecule has 8 nitrogen and oxygen atoms in total. The Bertz CT molecular complexity index is 1050. The minimum Gasteiger partial charge on any atom is -0.507 e. The van der Waals surface area contributed by atoms with Crippen molar-refractivity contribution in [2.75, 3.05) is 7.11 Å². The average molecular weight is 418 g/mol. The highest BCUT2D eigenvalue weighted by atomic mass is 35.5. The van der Waals surface area contributed by atoms with Crippen molar-refractivity contribution in [1.82, 2.24) is 5.32 Å². The standard InChI is InChI=1S/C20H16ClNO7/c1-29-20-11(19(28)12(22-8-23)6-15(20)26)5-3-9-2-4-10-16(18(9)27)13(24)7-14(25)17(10)21/h3,6-8,24-25H,2,4-5H2,1H3,(H,22,23)/b9-3+. The van der Waals surface area contributed by atoms with E-state index in [4.69, 9.17) is 16.3 Å². The molecule has 150 valence electrons. The van der Waals surface area contributed by atoms with E-state index in [0.717, 1.165) is 12.1 Å². The van der Waals surface area contributed by atoms with E-state index < -0.39 is 23.1 Å². The van der Waals surface area contributed by atoms with Crippen molar-refractivity contribution in [3.8, 4) is 11.5 Å². The molecule has 2 aliphatic rings. The van der Waals surface area contributed by atoms with Gasteiger partial charge in [0.15, 0.2) is 11.5 Å². The minimum atomic E-state index is -0.593. The fourth-order valence-electron chi connectivity index (χ4n) is 3.38. The number of aromatic hydroxyl groups is 2. The van der Waals surface area contributed by atoms with Crippen molar-refractivity contribution in [3.63, 3.8) is 0 Å². The molecule has 1 aromatic carbocycles. The number of rotatable bonds is 5. The molecule has 0 atom stereocenters. The fraction of sp³-hybridized carbons (Fsp3) is 0.200. The van der Waals surface area contributed by atoms with Crippen LogP contribution in [0.5, 0.6) is 11.5 Å². The Kier molecular flexibility index (Phi) is 5.56. The molecule has 29 heavy (non-hydrogen) atoms. The van der Waals surface area contributed by atoms with Gasteiger partial charge in [0, 0.05) is 12.1 Å². The zero-order chi connectivity index (χ0) is 21.3. The molecular formula is C20H16ClNO7. The van der Waals surface area contributed by atoms with Crippen LogP contribution in [-0.4, -0.2) is 41.1 Å². The number of amides is 1. The summed E-state index contributed by atoms with van der Waals surface area (Å²) in [5.41, 5.74) is 0.493. The van der Waals surface area contributed by atoms with Crippen LogP contribution < -0.4 is 5.32 Å². The number of fused-ring (bicyclic) bond motifs is 1. The van der Waals surface area contributed by atoms with E-state index >= 15 is 0 Å². The predicted molar refractivity (Wildman–Crippen MR) is 101 cm³/mol. The summed E-state index contributed by atoms with van der Waals surface area (Å²) in [4.78, 5) is 48.1. The molecular weight excluding hydrogens is 402 g/mol. The second-order valence-electron chi connectivity index (χ2n) is 6.37. The Morgan fingerprint density at radius 3 is 2.55 bits per heavy atom. The average Bonchev–Trinajstić information content (AvgIpc) is 2.68. The number of Topliss-reactive ketones (excluding diaryl/α,β-unsaturated/α-hetero) is 2. The van der Waals surface area contributed by atoms with E-state index in [0.29, 0.717) is 17.6 Å². The topological polar surface area (TPSA) is 130 Å². The molecule has 0 spiro atoms. The summed E-state index contributed by atoms with van der Waals surface area (Å²) >= 11 is 6.03. The van der Waals surface area contributed by atoms with Crippen molar-refractivity contribution in [1.29, 1.82) is 0 Å². The lowest BCUT2D eigenvalue weighted by Crippen LogP contribution is -2.28. The van der Waals surface area contributed by atoms with Gasteiger partial charge >= 0.3 is 0 Å². The molecule has 0 fully saturated rings. The van der Waals surface area contributed by atoms with Crippen LogP contribution in [0.15, 0.2) is 40.8 Å². The summed E-state index contributed by atoms with van der Waals surface area (Å²) in [7, 11) is 1.24. The van der Waals surface area contributed by atoms with Crippen LogP contribution in [0.4, 0.5) is 0 Å². The highest BCUT2D eigenvalue weighted by Crippen LogP contribution is 2.41. The van der Waals surface area contributed by atoms with Gasteiger partial charge in [-0.2, -0.15) is 0 Å². The Morgan fingerprint density at radius 1 is 1.17 bits per heavy atom. The number of hydrogen-bond acceptors (Lipinski definition) is 7. The lowest BCUT2D eigenvalue weighted by atomic mass is 9.84. The monoisotopic (exact) mass is 417 g/mol. The molecule has 3 rings (SSSR count). The fourth-order valence-corrected chi connectivity index (χ4v) is 3.63. The number of benzene rings is 1. The van der Waals surface area contributed by atoms with Gasteiger partial charge in [0.25, 0.3) is 0 Å². The number of carbonyl (C=O) groups excluding carboxylic acids is 4. The lowest BCUT2D eigenvalue weighted by molar-refractivity contribution is -0.119. The number of nitrogens with one attached hydrogen (secondary N) is 1. The molecule has 0 aliphatic heterocycles. The van der Waals surface area contributed by atoms with Crippen molar-refractivity contribution in [2.24, 2.45) is 0 Å². The number of phenols is 2. The number of methoxy groups -OCH3 is 1. The van der Waals surface area contributed by atoms with Crippen molar-refractivity contribution in [2.45, 2.75) is 19.3 Å². The van der Waals surface area contributed by atoms with Crippen LogP contribution >= 0.6 is 11.6 Å². The summed E-state index contributed by atoms with van der Waals surface area (Å²) in [5, 5.41) is 22.0. The van der Waals surface area contributed by atoms with Crippen LogP contribution in [0.2, 0.25) is 5.02 Å². The van der Waals surface area contributed by atoms with Gasteiger partial charge in [-0.1, -0.05) is 17.7 Å². The van der Waals surface area contributed by atoms with E-state index in [-0.39, 0.29) is 52.6 Å². The number of phenolic OH excluding ortho intramolecular Hbond substituents is 2. The summed E-state index contributed by atoms with van der Waals surface area (Å²) in [5.74, 6) is -2.52. The van der Waals surface area contributed by atoms with Gasteiger partial charge in [-0.05, 0) is 30.4 Å². The van der Waals surface area contributed by atoms with Crippen molar-refractivity contribution >= 4 is 35.4 Å². The van der Waals surface area contributed by atoms with Gasteiger partial charge in [0.2, 0.25) is 18.0 Å². The molecule has 1 aromatic rings. The molecule has 0 unspecified atom stereocenters. The molecule has 3 N–H and O–H groups in total. The van der Waals surface area contributed by atoms with Crippen molar-refractivity contribution in [3.05, 3.63) is 57.0 Å². The van der Waals surface area contributed by atoms with E-state index in [1.807, 2.05) is 0 Å². The van der Waals surface area contributed by atoms with E-state index in [2.05, 4.69) is 5.32 Å². The van der Waals surface area contributed by atoms with Gasteiger partial charge in [-0.15, -0.1) is 0 Å². The van der Waals surface area contributed by atoms with Gasteiger partial charge in [-0.25, -0.2) is 0 Å². The Morgan fingerprint density at radius 2 is 1.90 bits per heavy atom. The molecule has 0 bridgehead atoms. The molecule has 0 radical (unpaired) electrons. The SMILES string of the molecule is COC1=C(C/C=C2\CCc3c(Cl)c(O)cc(O)c3C2=O)C(=O)C(NC=O)=CC1=O. The Hall–Kier alpha value is -3.39. The maximum atomic E-state index is 12.8. The first-order valence-electron chi connectivity index (χ1n) is 8.55. The summed E-state index contributed by atoms with van der Waals surface area (Å²) in [6, 6.07) is 0.999. The maximum Gasteiger partial charge on any atom is 0.223 e. The smallest absolute Gasteiger partial charge is 0.223 e. The largest absolute Gasteiger partial charge is 0.507 e. The number of ether oxygens (including phenoxy) is 1. The molecule has 0 saturated carbocycles. The van der Waals surface area contributed by atoms with Gasteiger partial charge in [-0.3, -0.25) is 19.2 Å². The van der Waals surface area contributed by atoms with Gasteiger partial charge in [0.1, 0.15) is 11.5 Å². The number of allylic oxidation sites excluding steroid dienone is 4. The number of ketones is 3. The zero-order valence-corrected chi connectivity index (χ0v) is 16.0. The van der Waals surface area contributed by atoms with Crippen LogP contribution in [0.1, 0.15) is 28.8 Å². The first kappa shape index (κ1) is 20.3. The second-order valence-corrected chi connectivity index (χ2v) is 6.75. The van der Waals surface area contributed by atoms with Gasteiger partial charge < -0.3 is 20.3 Å². The number of hydrogen-bond donors (Lipinski definition) is 3. The third-order valence-corrected chi connectivity index (χ3v) is 5.17. The summed E-state index contributed by atoms with van der Waals surface area (Å²) < 4.78 is 5.03. The molecule has 2 aliphatic carbocycles. The van der Waals surface area contributed by atoms with Crippen LogP contribution in [0.3, 0.4) is 0 Å². The quantitative estimate of drug-likeness (QED) is 0.379.